The van der Waals surface area contributed by atoms with Crippen molar-refractivity contribution in [1.29, 1.82) is 0 Å². The Kier molecular flexibility index (Phi) is 7.21. The molecule has 0 aliphatic rings. The molecule has 1 aromatic carbocycles. The molecule has 0 aliphatic carbocycles. The summed E-state index contributed by atoms with van der Waals surface area (Å²) in [5, 5.41) is 0. The maximum Gasteiger partial charge on any atom is 0.219 e. The highest BCUT2D eigenvalue weighted by Gasteiger charge is 2.18. The van der Waals surface area contributed by atoms with E-state index in [0.717, 1.165) is 28.4 Å². The Balaban J connectivity index is 2.49. The fourth-order valence-electron chi connectivity index (χ4n) is 2.73. The van der Waals surface area contributed by atoms with Crippen LogP contribution in [-0.4, -0.2) is 30.6 Å². The van der Waals surface area contributed by atoms with Crippen LogP contribution in [0.2, 0.25) is 0 Å². The van der Waals surface area contributed by atoms with E-state index in [1.54, 1.807) is 0 Å². The summed E-state index contributed by atoms with van der Waals surface area (Å²) in [6.45, 7) is 14.6. The van der Waals surface area contributed by atoms with Crippen LogP contribution in [0.4, 0.5) is 11.4 Å². The van der Waals surface area contributed by atoms with Crippen molar-refractivity contribution in [1.82, 2.24) is 4.98 Å². The van der Waals surface area contributed by atoms with Crippen LogP contribution < -0.4 is 9.64 Å². The Bertz CT molecular complexity index is 855. The average molecular weight is 395 g/mol. The van der Waals surface area contributed by atoms with Gasteiger partial charge in [0.1, 0.15) is 11.4 Å². The lowest BCUT2D eigenvalue weighted by Crippen LogP contribution is -2.08. The van der Waals surface area contributed by atoms with Gasteiger partial charge in [-0.05, 0) is 62.4 Å². The van der Waals surface area contributed by atoms with Crippen LogP contribution in [0.3, 0.4) is 0 Å². The highest BCUT2D eigenvalue weighted by molar-refractivity contribution is 5.61. The molecule has 29 heavy (non-hydrogen) atoms. The van der Waals surface area contributed by atoms with E-state index < -0.39 is 0 Å². The fraction of sp³-hybridized carbons (Fsp3) is 0.500. The first-order chi connectivity index (χ1) is 13.5. The number of hydrogen-bond donors (Lipinski definition) is 0. The van der Waals surface area contributed by atoms with Crippen LogP contribution in [0.25, 0.3) is 0 Å². The summed E-state index contributed by atoms with van der Waals surface area (Å²) in [5.74, 6) is 1.81. The molecule has 0 aliphatic heterocycles. The molecule has 0 saturated carbocycles. The van der Waals surface area contributed by atoms with E-state index in [0.29, 0.717) is 5.88 Å². The minimum absolute atomic E-state index is 0.197. The average Bonchev–Trinajstić information content (AvgIpc) is 2.61. The smallest absolute Gasteiger partial charge is 0.219 e. The Morgan fingerprint density at radius 1 is 1.00 bits per heavy atom. The number of aromatic nitrogens is 1. The molecule has 0 spiro atoms. The second kappa shape index (κ2) is 9.23. The molecule has 0 N–H and O–H groups in total. The minimum atomic E-state index is -0.214. The maximum atomic E-state index is 6.09. The highest BCUT2D eigenvalue weighted by Crippen LogP contribution is 2.37. The summed E-state index contributed by atoms with van der Waals surface area (Å²) in [5.41, 5.74) is 3.74. The molecule has 5 heteroatoms. The monoisotopic (exact) mass is 394 g/mol. The predicted octanol–water partition coefficient (Wildman–Crippen LogP) is 6.79. The molecule has 156 valence electrons. The third-order valence-corrected chi connectivity index (χ3v) is 4.32. The molecule has 0 amide bonds. The van der Waals surface area contributed by atoms with E-state index in [1.807, 2.05) is 65.2 Å². The Hall–Kier alpha value is -2.65. The van der Waals surface area contributed by atoms with Crippen LogP contribution in [0, 0.1) is 0 Å². The number of nitrogens with zero attached hydrogens (tertiary/aromatic N) is 4. The van der Waals surface area contributed by atoms with Gasteiger partial charge in [-0.2, -0.15) is 4.99 Å². The zero-order valence-corrected chi connectivity index (χ0v) is 19.2. The SMILES string of the molecule is CC(C)c1cc(Oc2ccc(N(C)C)cc2)nc(C(C)C)c1N=C=NC(C)(C)C. The van der Waals surface area contributed by atoms with Gasteiger partial charge in [-0.15, -0.1) is 0 Å². The van der Waals surface area contributed by atoms with Crippen molar-refractivity contribution in [2.45, 2.75) is 65.8 Å². The van der Waals surface area contributed by atoms with Gasteiger partial charge in [-0.1, -0.05) is 27.7 Å². The summed E-state index contributed by atoms with van der Waals surface area (Å²) in [6.07, 6.45) is 0. The molecule has 2 aromatic rings. The lowest BCUT2D eigenvalue weighted by atomic mass is 9.97. The summed E-state index contributed by atoms with van der Waals surface area (Å²) >= 11 is 0. The Labute approximate surface area is 175 Å². The van der Waals surface area contributed by atoms with Crippen molar-refractivity contribution in [3.05, 3.63) is 41.6 Å². The van der Waals surface area contributed by atoms with Crippen LogP contribution in [0.5, 0.6) is 11.6 Å². The number of hydrogen-bond acceptors (Lipinski definition) is 5. The van der Waals surface area contributed by atoms with E-state index in [1.165, 1.54) is 0 Å². The van der Waals surface area contributed by atoms with Crippen molar-refractivity contribution in [2.75, 3.05) is 19.0 Å². The van der Waals surface area contributed by atoms with Gasteiger partial charge in [0.2, 0.25) is 5.88 Å². The molecule has 0 atom stereocenters. The summed E-state index contributed by atoms with van der Waals surface area (Å²) < 4.78 is 6.09. The van der Waals surface area contributed by atoms with Gasteiger partial charge in [0.15, 0.2) is 0 Å². The molecule has 0 bridgehead atoms. The number of pyridine rings is 1. The van der Waals surface area contributed by atoms with Gasteiger partial charge >= 0.3 is 0 Å². The molecule has 0 saturated heterocycles. The third-order valence-electron chi connectivity index (χ3n) is 4.32. The van der Waals surface area contributed by atoms with E-state index in [9.17, 15) is 0 Å². The van der Waals surface area contributed by atoms with Crippen molar-refractivity contribution in [3.63, 3.8) is 0 Å². The lowest BCUT2D eigenvalue weighted by Gasteiger charge is -2.18. The maximum absolute atomic E-state index is 6.09. The molecule has 5 nitrogen and oxygen atoms in total. The van der Waals surface area contributed by atoms with Crippen molar-refractivity contribution >= 4 is 17.4 Å². The number of rotatable bonds is 6. The zero-order chi connectivity index (χ0) is 21.8. The van der Waals surface area contributed by atoms with Crippen molar-refractivity contribution in [2.24, 2.45) is 9.98 Å². The Morgan fingerprint density at radius 3 is 2.10 bits per heavy atom. The van der Waals surface area contributed by atoms with Gasteiger partial charge in [0, 0.05) is 25.8 Å². The predicted molar refractivity (Wildman–Crippen MR) is 123 cm³/mol. The van der Waals surface area contributed by atoms with E-state index in [2.05, 4.69) is 48.6 Å². The second-order valence-electron chi connectivity index (χ2n) is 9.08. The molecule has 2 rings (SSSR count). The lowest BCUT2D eigenvalue weighted by molar-refractivity contribution is 0.458. The Morgan fingerprint density at radius 2 is 1.62 bits per heavy atom. The van der Waals surface area contributed by atoms with Gasteiger partial charge < -0.3 is 9.64 Å². The minimum Gasteiger partial charge on any atom is -0.439 e. The zero-order valence-electron chi connectivity index (χ0n) is 19.2. The van der Waals surface area contributed by atoms with Gasteiger partial charge in [-0.25, -0.2) is 9.98 Å². The number of benzene rings is 1. The molecule has 0 fully saturated rings. The van der Waals surface area contributed by atoms with Crippen molar-refractivity contribution < 1.29 is 4.74 Å². The number of ether oxygens (including phenoxy) is 1. The van der Waals surface area contributed by atoms with Crippen LogP contribution in [0.1, 0.15) is 71.6 Å². The summed E-state index contributed by atoms with van der Waals surface area (Å²) in [6, 6.07) is 12.8. The summed E-state index contributed by atoms with van der Waals surface area (Å²) in [4.78, 5) is 15.8. The van der Waals surface area contributed by atoms with E-state index in [-0.39, 0.29) is 17.4 Å². The first-order valence-electron chi connectivity index (χ1n) is 10.2. The second-order valence-corrected chi connectivity index (χ2v) is 9.08. The molecular weight excluding hydrogens is 360 g/mol. The van der Waals surface area contributed by atoms with Crippen LogP contribution in [-0.2, 0) is 0 Å². The molecule has 1 heterocycles. The van der Waals surface area contributed by atoms with Gasteiger partial charge in [0.05, 0.1) is 17.2 Å². The van der Waals surface area contributed by atoms with E-state index in [4.69, 9.17) is 9.72 Å². The molecule has 0 unspecified atom stereocenters. The first kappa shape index (κ1) is 22.6. The number of aliphatic imine (C=N–C) groups is 2. The van der Waals surface area contributed by atoms with Gasteiger partial charge in [-0.3, -0.25) is 0 Å². The third kappa shape index (κ3) is 6.43. The largest absolute Gasteiger partial charge is 0.439 e. The standard InChI is InChI=1S/C24H34N4O/c1-16(2)20-14-21(29-19-12-10-18(11-13-19)28(8)9)27-22(17(3)4)23(20)25-15-26-24(5,6)7/h10-14,16-17H,1-9H3. The highest BCUT2D eigenvalue weighted by atomic mass is 16.5. The van der Waals surface area contributed by atoms with Crippen molar-refractivity contribution in [3.8, 4) is 11.6 Å². The molecular formula is C24H34N4O. The summed E-state index contributed by atoms with van der Waals surface area (Å²) in [7, 11) is 4.03. The van der Waals surface area contributed by atoms with Crippen LogP contribution in [0.15, 0.2) is 40.3 Å². The normalized spacial score (nSPS) is 11.4. The quantitative estimate of drug-likeness (QED) is 0.507. The van der Waals surface area contributed by atoms with Crippen LogP contribution >= 0.6 is 0 Å². The fourth-order valence-corrected chi connectivity index (χ4v) is 2.73. The number of anilines is 1. The first-order valence-corrected chi connectivity index (χ1v) is 10.2. The van der Waals surface area contributed by atoms with Gasteiger partial charge in [0.25, 0.3) is 0 Å². The molecule has 0 radical (unpaired) electrons. The van der Waals surface area contributed by atoms with E-state index >= 15 is 0 Å². The molecule has 1 aromatic heterocycles. The topological polar surface area (TPSA) is 50.1 Å².